The van der Waals surface area contributed by atoms with Crippen molar-refractivity contribution in [1.82, 2.24) is 30.4 Å². The number of nitrogens with one attached hydrogen (secondary N) is 1. The monoisotopic (exact) mass is 744 g/mol. The summed E-state index contributed by atoms with van der Waals surface area (Å²) in [4.78, 5) is 54.8. The van der Waals surface area contributed by atoms with Crippen LogP contribution < -0.4 is 5.32 Å². The summed E-state index contributed by atoms with van der Waals surface area (Å²) in [6.45, 7) is 4.98. The molecule has 1 saturated heterocycles. The van der Waals surface area contributed by atoms with Gasteiger partial charge in [-0.1, -0.05) is 84.2 Å². The molecule has 2 aliphatic rings. The molecule has 1 fully saturated rings. The Hall–Kier alpha value is -4.26. The Labute approximate surface area is 297 Å². The lowest BCUT2D eigenvalue weighted by Gasteiger charge is -2.48. The van der Waals surface area contributed by atoms with Crippen molar-refractivity contribution in [3.8, 4) is 0 Å². The minimum absolute atomic E-state index is 0.0271. The molecule has 2 amide bonds. The molecule has 3 heterocycles. The molecule has 2 aliphatic heterocycles. The molecule has 18 heteroatoms. The number of nitrogens with zero attached hydrogens (tertiary/aromatic N) is 5. The molecule has 0 radical (unpaired) electrons. The Balaban J connectivity index is 1.43. The van der Waals surface area contributed by atoms with Gasteiger partial charge in [-0.2, -0.15) is 0 Å². The van der Waals surface area contributed by atoms with Crippen LogP contribution in [0.15, 0.2) is 77.1 Å². The zero-order valence-electron chi connectivity index (χ0n) is 27.8. The van der Waals surface area contributed by atoms with Crippen molar-refractivity contribution in [3.63, 3.8) is 0 Å². The van der Waals surface area contributed by atoms with E-state index in [0.717, 1.165) is 16.7 Å². The number of sulfone groups is 1. The van der Waals surface area contributed by atoms with Gasteiger partial charge in [0.1, 0.15) is 17.3 Å². The summed E-state index contributed by atoms with van der Waals surface area (Å²) in [6.07, 6.45) is -3.03. The first-order valence-corrected chi connectivity index (χ1v) is 19.0. The molecule has 15 nitrogen and oxygen atoms in total. The highest BCUT2D eigenvalue weighted by atomic mass is 32.2. The van der Waals surface area contributed by atoms with E-state index < -0.39 is 67.9 Å². The van der Waals surface area contributed by atoms with Crippen LogP contribution in [-0.4, -0.2) is 104 Å². The number of hydrogen-bond acceptors (Lipinski definition) is 14. The number of hydrogen-bond donors (Lipinski definition) is 1. The predicted octanol–water partition coefficient (Wildman–Crippen LogP) is 2.65. The molecule has 3 atom stereocenters. The summed E-state index contributed by atoms with van der Waals surface area (Å²) in [5.41, 5.74) is 0.478. The third kappa shape index (κ3) is 8.36. The van der Waals surface area contributed by atoms with Crippen LogP contribution in [0.2, 0.25) is 0 Å². The van der Waals surface area contributed by atoms with Crippen LogP contribution in [0.3, 0.4) is 0 Å². The maximum atomic E-state index is 14.0. The molecule has 2 aromatic carbocycles. The van der Waals surface area contributed by atoms with Crippen molar-refractivity contribution in [2.45, 2.75) is 55.2 Å². The van der Waals surface area contributed by atoms with Gasteiger partial charge in [-0.3, -0.25) is 14.5 Å². The van der Waals surface area contributed by atoms with Crippen LogP contribution in [0.5, 0.6) is 0 Å². The molecule has 266 valence electrons. The molecule has 1 aromatic heterocycles. The van der Waals surface area contributed by atoms with Gasteiger partial charge in [0.25, 0.3) is 5.91 Å². The number of esters is 1. The number of fused-ring (bicyclic) bond motifs is 1. The second-order valence-electron chi connectivity index (χ2n) is 12.3. The van der Waals surface area contributed by atoms with Crippen LogP contribution in [0.25, 0.3) is 0 Å². The molecular formula is C32H36N6O9S3. The summed E-state index contributed by atoms with van der Waals surface area (Å²) >= 11 is 1.72. The third-order valence-electron chi connectivity index (χ3n) is 7.51. The van der Waals surface area contributed by atoms with Crippen LogP contribution in [0.4, 0.5) is 4.79 Å². The Morgan fingerprint density at radius 1 is 1.04 bits per heavy atom. The molecule has 3 aromatic rings. The van der Waals surface area contributed by atoms with E-state index >= 15 is 0 Å². The van der Waals surface area contributed by atoms with Gasteiger partial charge in [-0.15, -0.1) is 5.10 Å². The number of methoxy groups -OCH3 is 1. The number of β-lactam (4-membered cyclic amide) rings is 1. The second kappa shape index (κ2) is 15.3. The number of aryl methyl sites for hydroxylation is 1. The van der Waals surface area contributed by atoms with E-state index in [1.54, 1.807) is 76.3 Å². The summed E-state index contributed by atoms with van der Waals surface area (Å²) in [5.74, 6) is -2.42. The normalized spacial score (nSPS) is 19.0. The zero-order valence-corrected chi connectivity index (χ0v) is 30.3. The van der Waals surface area contributed by atoms with Gasteiger partial charge >= 0.3 is 12.1 Å². The first-order valence-electron chi connectivity index (χ1n) is 15.3. The Bertz CT molecular complexity index is 1840. The molecule has 5 rings (SSSR count). The molecule has 0 bridgehead atoms. The van der Waals surface area contributed by atoms with Crippen molar-refractivity contribution in [3.05, 3.63) is 83.1 Å². The largest absolute Gasteiger partial charge is 0.451 e. The number of ether oxygens (including phenoxy) is 3. The number of benzene rings is 2. The minimum atomic E-state index is -3.94. The van der Waals surface area contributed by atoms with Crippen molar-refractivity contribution < 1.29 is 41.8 Å². The molecule has 50 heavy (non-hydrogen) atoms. The smallest absolute Gasteiger partial charge is 0.408 e. The van der Waals surface area contributed by atoms with Gasteiger partial charge in [0.2, 0.25) is 10.3 Å². The van der Waals surface area contributed by atoms with Crippen LogP contribution >= 0.6 is 23.5 Å². The number of tetrazole rings is 1. The lowest BCUT2D eigenvalue weighted by Crippen LogP contribution is -2.70. The number of aromatic nitrogens is 4. The predicted molar refractivity (Wildman–Crippen MR) is 183 cm³/mol. The fraction of sp³-hybridized carbons (Fsp3) is 0.406. The van der Waals surface area contributed by atoms with E-state index in [1.807, 2.05) is 12.1 Å². The highest BCUT2D eigenvalue weighted by molar-refractivity contribution is 8.14. The molecule has 0 spiro atoms. The van der Waals surface area contributed by atoms with Crippen LogP contribution in [0.1, 0.15) is 38.0 Å². The van der Waals surface area contributed by atoms with Gasteiger partial charge in [-0.25, -0.2) is 22.7 Å². The standard InChI is InChI=1S/C32H36N6O9S3/c1-32(2,3)47-31(42)33-22(28(40)46-24(19-12-8-6-9-13-19)20-14-10-7-11-15-20)17-48-29(41)23-21(16-49-30-34-35-36-37(30)4)18-50(43,44)27-25(45-5)26(39)38(23)27/h6-15,22,24-25,27H,16-18H2,1-5H3,(H,33,42)/t22-,25-,27+/m0/s1. The average molecular weight is 745 g/mol. The van der Waals surface area contributed by atoms with Crippen molar-refractivity contribution in [2.24, 2.45) is 7.05 Å². The molecule has 0 saturated carbocycles. The highest BCUT2D eigenvalue weighted by Crippen LogP contribution is 2.41. The number of carbonyl (C=O) groups excluding carboxylic acids is 4. The van der Waals surface area contributed by atoms with Crippen molar-refractivity contribution in [1.29, 1.82) is 0 Å². The Morgan fingerprint density at radius 2 is 1.66 bits per heavy atom. The van der Waals surface area contributed by atoms with E-state index in [2.05, 4.69) is 20.8 Å². The molecule has 0 unspecified atom stereocenters. The van der Waals surface area contributed by atoms with Crippen molar-refractivity contribution >= 4 is 56.4 Å². The van der Waals surface area contributed by atoms with E-state index in [4.69, 9.17) is 14.2 Å². The number of amides is 2. The topological polar surface area (TPSA) is 189 Å². The molecule has 1 N–H and O–H groups in total. The maximum Gasteiger partial charge on any atom is 0.408 e. The summed E-state index contributed by atoms with van der Waals surface area (Å²) < 4.78 is 44.5. The van der Waals surface area contributed by atoms with E-state index in [-0.39, 0.29) is 22.8 Å². The SMILES string of the molecule is CO[C@H]1C(=O)N2C(C(=O)SC[C@H](NC(=O)OC(C)(C)C)C(=O)OC(c3ccccc3)c3ccccc3)=C(CSc3nnnn3C)CS(=O)(=O)[C@H]12. The van der Waals surface area contributed by atoms with Gasteiger partial charge < -0.3 is 19.5 Å². The van der Waals surface area contributed by atoms with Gasteiger partial charge in [-0.05, 0) is 47.9 Å². The molecule has 0 aliphatic carbocycles. The average Bonchev–Trinajstić information content (AvgIpc) is 3.48. The zero-order chi connectivity index (χ0) is 36.2. The molecular weight excluding hydrogens is 709 g/mol. The Kier molecular flexibility index (Phi) is 11.3. The lowest BCUT2D eigenvalue weighted by molar-refractivity contribution is -0.160. The van der Waals surface area contributed by atoms with Crippen LogP contribution in [0, 0.1) is 0 Å². The fourth-order valence-corrected chi connectivity index (χ4v) is 9.22. The number of thioether (sulfide) groups is 2. The van der Waals surface area contributed by atoms with Gasteiger partial charge in [0.15, 0.2) is 27.4 Å². The van der Waals surface area contributed by atoms with Gasteiger partial charge in [0, 0.05) is 25.7 Å². The van der Waals surface area contributed by atoms with Crippen LogP contribution in [-0.2, 0) is 45.5 Å². The first-order chi connectivity index (χ1) is 23.7. The van der Waals surface area contributed by atoms with Crippen molar-refractivity contribution in [2.75, 3.05) is 24.4 Å². The highest BCUT2D eigenvalue weighted by Gasteiger charge is 2.60. The summed E-state index contributed by atoms with van der Waals surface area (Å²) in [7, 11) is -1.11. The van der Waals surface area contributed by atoms with E-state index in [0.29, 0.717) is 28.0 Å². The summed E-state index contributed by atoms with van der Waals surface area (Å²) in [6, 6.07) is 16.7. The maximum absolute atomic E-state index is 14.0. The third-order valence-corrected chi connectivity index (χ3v) is 11.5. The Morgan fingerprint density at radius 3 is 2.20 bits per heavy atom. The summed E-state index contributed by atoms with van der Waals surface area (Å²) in [5, 5.41) is 12.0. The quantitative estimate of drug-likeness (QED) is 0.162. The number of alkyl carbamates (subject to hydrolysis) is 1. The van der Waals surface area contributed by atoms with Gasteiger partial charge in [0.05, 0.1) is 5.75 Å². The van der Waals surface area contributed by atoms with E-state index in [9.17, 15) is 27.6 Å². The minimum Gasteiger partial charge on any atom is -0.451 e. The fourth-order valence-electron chi connectivity index (χ4n) is 5.28. The number of rotatable bonds is 12. The van der Waals surface area contributed by atoms with E-state index in [1.165, 1.54) is 11.8 Å². The number of carbonyl (C=O) groups is 4. The lowest BCUT2D eigenvalue weighted by atomic mass is 10.0. The second-order valence-corrected chi connectivity index (χ2v) is 16.4. The first kappa shape index (κ1) is 37.0.